The minimum absolute atomic E-state index is 0.0516. The van der Waals surface area contributed by atoms with Crippen molar-refractivity contribution < 1.29 is 25.8 Å². The van der Waals surface area contributed by atoms with E-state index >= 15 is 0 Å². The van der Waals surface area contributed by atoms with Crippen LogP contribution in [0.2, 0.25) is 0 Å². The third kappa shape index (κ3) is 7.81. The maximum absolute atomic E-state index is 12.5. The fraction of sp³-hybridized carbons (Fsp3) is 0.500. The Labute approximate surface area is 189 Å². The Morgan fingerprint density at radius 2 is 1.53 bits per heavy atom. The van der Waals surface area contributed by atoms with Crippen molar-refractivity contribution in [2.24, 2.45) is 0 Å². The molecule has 1 unspecified atom stereocenters. The van der Waals surface area contributed by atoms with E-state index in [1.54, 1.807) is 19.1 Å². The van der Waals surface area contributed by atoms with Crippen LogP contribution in [0.25, 0.3) is 0 Å². The second kappa shape index (κ2) is 10.7. The van der Waals surface area contributed by atoms with E-state index in [1.807, 2.05) is 30.3 Å². The number of hydrogen-bond donors (Lipinski definition) is 0. The predicted molar refractivity (Wildman–Crippen MR) is 122 cm³/mol. The van der Waals surface area contributed by atoms with E-state index in [0.29, 0.717) is 17.6 Å². The van der Waals surface area contributed by atoms with Gasteiger partial charge in [-0.2, -0.15) is 21.6 Å². The molecule has 0 saturated heterocycles. The molecule has 1 atom stereocenters. The third-order valence-electron chi connectivity index (χ3n) is 5.36. The van der Waals surface area contributed by atoms with Crippen LogP contribution < -0.4 is 4.18 Å². The second-order valence-corrected chi connectivity index (χ2v) is 10.2. The highest BCUT2D eigenvalue weighted by Crippen LogP contribution is 2.32. The maximum atomic E-state index is 12.5. The Kier molecular flexibility index (Phi) is 8.76. The summed E-state index contributed by atoms with van der Waals surface area (Å²) >= 11 is 0. The molecule has 0 N–H and O–H groups in total. The lowest BCUT2D eigenvalue weighted by molar-refractivity contribution is -0.107. The molecule has 0 fully saturated rings. The number of nitrogens with zero attached hydrogens (tertiary/aromatic N) is 1. The van der Waals surface area contributed by atoms with E-state index < -0.39 is 22.0 Å². The smallest absolute Gasteiger partial charge is 0.382 e. The molecule has 2 aromatic rings. The summed E-state index contributed by atoms with van der Waals surface area (Å²) in [5.74, 6) is -2.06. The molecule has 4 nitrogen and oxygen atoms in total. The van der Waals surface area contributed by atoms with Gasteiger partial charge < -0.3 is 4.18 Å². The molecule has 32 heavy (non-hydrogen) atoms. The summed E-state index contributed by atoms with van der Waals surface area (Å²) in [6.07, 6.45) is -4.02. The summed E-state index contributed by atoms with van der Waals surface area (Å²) in [6.45, 7) is 11.2. The normalized spacial score (nSPS) is 13.7. The highest BCUT2D eigenvalue weighted by atomic mass is 32.2. The van der Waals surface area contributed by atoms with Gasteiger partial charge in [0.05, 0.1) is 0 Å². The van der Waals surface area contributed by atoms with Gasteiger partial charge in [0.25, 0.3) is 0 Å². The molecule has 0 spiro atoms. The van der Waals surface area contributed by atoms with Crippen molar-refractivity contribution in [2.45, 2.75) is 65.2 Å². The lowest BCUT2D eigenvalue weighted by Crippen LogP contribution is -2.38. The van der Waals surface area contributed by atoms with Gasteiger partial charge in [-0.15, -0.1) is 0 Å². The van der Waals surface area contributed by atoms with Gasteiger partial charge in [-0.1, -0.05) is 42.5 Å². The Bertz CT molecular complexity index is 966. The fourth-order valence-electron chi connectivity index (χ4n) is 3.95. The SMILES string of the molecule is Cc1cc(C(CCN(C(C)C)C(C)C)c2ccccc2)ccc1OS(=O)(=O)CC(F)(F)F. The van der Waals surface area contributed by atoms with E-state index in [2.05, 4.69) is 32.6 Å². The lowest BCUT2D eigenvalue weighted by atomic mass is 9.87. The van der Waals surface area contributed by atoms with Crippen molar-refractivity contribution in [1.29, 1.82) is 0 Å². The fourth-order valence-corrected chi connectivity index (χ4v) is 4.87. The zero-order valence-electron chi connectivity index (χ0n) is 19.2. The van der Waals surface area contributed by atoms with Crippen LogP contribution in [-0.2, 0) is 10.1 Å². The largest absolute Gasteiger partial charge is 0.406 e. The number of rotatable bonds is 10. The molecule has 8 heteroatoms. The lowest BCUT2D eigenvalue weighted by Gasteiger charge is -2.32. The first-order valence-corrected chi connectivity index (χ1v) is 12.3. The Hall–Kier alpha value is -2.06. The molecule has 0 aliphatic heterocycles. The molecule has 0 aromatic heterocycles. The zero-order valence-corrected chi connectivity index (χ0v) is 20.0. The van der Waals surface area contributed by atoms with Crippen LogP contribution in [0.15, 0.2) is 48.5 Å². The number of aryl methyl sites for hydroxylation is 1. The van der Waals surface area contributed by atoms with Crippen molar-refractivity contribution in [3.05, 3.63) is 65.2 Å². The predicted octanol–water partition coefficient (Wildman–Crippen LogP) is 5.91. The molecule has 0 saturated carbocycles. The summed E-state index contributed by atoms with van der Waals surface area (Å²) in [4.78, 5) is 2.41. The van der Waals surface area contributed by atoms with E-state index in [9.17, 15) is 21.6 Å². The van der Waals surface area contributed by atoms with Gasteiger partial charge in [-0.25, -0.2) is 0 Å². The highest BCUT2D eigenvalue weighted by Gasteiger charge is 2.36. The first-order valence-electron chi connectivity index (χ1n) is 10.7. The van der Waals surface area contributed by atoms with Gasteiger partial charge in [0, 0.05) is 18.0 Å². The first kappa shape index (κ1) is 26.2. The number of benzene rings is 2. The van der Waals surface area contributed by atoms with Crippen LogP contribution in [-0.4, -0.2) is 43.9 Å². The zero-order chi connectivity index (χ0) is 24.1. The van der Waals surface area contributed by atoms with Crippen molar-refractivity contribution in [3.63, 3.8) is 0 Å². The number of halogens is 3. The summed E-state index contributed by atoms with van der Waals surface area (Å²) < 4.78 is 65.8. The summed E-state index contributed by atoms with van der Waals surface area (Å²) in [7, 11) is -4.77. The Balaban J connectivity index is 2.31. The molecule has 0 aliphatic rings. The Morgan fingerprint density at radius 3 is 2.03 bits per heavy atom. The molecular formula is C24H32F3NO3S. The van der Waals surface area contributed by atoms with Gasteiger partial charge in [0.2, 0.25) is 0 Å². The molecule has 0 bridgehead atoms. The standard InChI is InChI=1S/C24H32F3NO3S/c1-17(2)28(18(3)4)14-13-22(20-9-7-6-8-10-20)21-11-12-23(19(5)15-21)31-32(29,30)16-24(25,26)27/h6-12,15,17-18,22H,13-14,16H2,1-5H3. The van der Waals surface area contributed by atoms with Crippen LogP contribution >= 0.6 is 0 Å². The molecule has 0 radical (unpaired) electrons. The van der Waals surface area contributed by atoms with Gasteiger partial charge in [0.1, 0.15) is 5.75 Å². The molecule has 0 heterocycles. The first-order chi connectivity index (χ1) is 14.8. The maximum Gasteiger partial charge on any atom is 0.406 e. The Morgan fingerprint density at radius 1 is 0.938 bits per heavy atom. The van der Waals surface area contributed by atoms with Crippen LogP contribution in [0.3, 0.4) is 0 Å². The summed E-state index contributed by atoms with van der Waals surface area (Å²) in [5.41, 5.74) is 2.55. The second-order valence-electron chi connectivity index (χ2n) is 8.60. The van der Waals surface area contributed by atoms with E-state index in [-0.39, 0.29) is 11.7 Å². The van der Waals surface area contributed by atoms with Crippen LogP contribution in [0.4, 0.5) is 13.2 Å². The van der Waals surface area contributed by atoms with Gasteiger partial charge >= 0.3 is 16.3 Å². The molecule has 2 aromatic carbocycles. The average Bonchev–Trinajstić information content (AvgIpc) is 2.65. The molecule has 0 amide bonds. The minimum Gasteiger partial charge on any atom is -0.382 e. The van der Waals surface area contributed by atoms with Crippen molar-refractivity contribution in [3.8, 4) is 5.75 Å². The molecular weight excluding hydrogens is 439 g/mol. The molecule has 178 valence electrons. The number of alkyl halides is 3. The average molecular weight is 472 g/mol. The molecule has 2 rings (SSSR count). The van der Waals surface area contributed by atoms with E-state index in [1.165, 1.54) is 6.07 Å². The quantitative estimate of drug-likeness (QED) is 0.405. The topological polar surface area (TPSA) is 46.6 Å². The van der Waals surface area contributed by atoms with Gasteiger partial charge in [0.15, 0.2) is 5.75 Å². The summed E-state index contributed by atoms with van der Waals surface area (Å²) in [6, 6.07) is 15.7. The van der Waals surface area contributed by atoms with Gasteiger partial charge in [-0.05, 0) is 70.3 Å². The minimum atomic E-state index is -4.86. The van der Waals surface area contributed by atoms with E-state index in [0.717, 1.165) is 24.1 Å². The van der Waals surface area contributed by atoms with Crippen LogP contribution in [0, 0.1) is 6.92 Å². The third-order valence-corrected chi connectivity index (χ3v) is 6.48. The highest BCUT2D eigenvalue weighted by molar-refractivity contribution is 7.87. The molecule has 0 aliphatic carbocycles. The van der Waals surface area contributed by atoms with Crippen LogP contribution in [0.1, 0.15) is 56.7 Å². The van der Waals surface area contributed by atoms with Crippen molar-refractivity contribution in [2.75, 3.05) is 12.3 Å². The van der Waals surface area contributed by atoms with Crippen molar-refractivity contribution in [1.82, 2.24) is 4.90 Å². The van der Waals surface area contributed by atoms with Crippen LogP contribution in [0.5, 0.6) is 5.75 Å². The van der Waals surface area contributed by atoms with Gasteiger partial charge in [-0.3, -0.25) is 4.90 Å². The van der Waals surface area contributed by atoms with Crippen molar-refractivity contribution >= 4 is 10.1 Å². The summed E-state index contributed by atoms with van der Waals surface area (Å²) in [5, 5.41) is 0. The van der Waals surface area contributed by atoms with E-state index in [4.69, 9.17) is 4.18 Å². The monoisotopic (exact) mass is 471 g/mol. The number of hydrogen-bond acceptors (Lipinski definition) is 4.